The second kappa shape index (κ2) is 30.6. The molecule has 0 unspecified atom stereocenters. The smallest absolute Gasteiger partial charge is 0.160 e. The number of rotatable bonds is 15. The van der Waals surface area contributed by atoms with Gasteiger partial charge in [0, 0.05) is 114 Å². The first-order chi connectivity index (χ1) is 61.3. The standard InChI is InChI=1S/C116H70N4S4/c1-4-22-71(23-5-1)78-28-18-29-79(58-78)72-44-48-76(49-45-72)106-70-104(75-26-8-3-9-27-75)118-116(120-106)90-64-87(93-37-20-39-99-95-34-12-17-43-109(95)123-113(93)99)63-88(65-90)94-38-21-40-100-98-55-52-84(68-112(98)124-114(94)100)92-33-11-10-32-91(92)83-31-19-30-80(59-83)73-46-50-77(51-47-73)105-69-103(74-24-6-2-7-25-74)117-115(119-105)89-61-85(81-53-56-110-101(66-81)96-35-13-15-41-107(96)121-110)60-86(62-89)82-54-57-111-102(67-82)97-36-14-16-42-108(97)122-111/h1-70H. The van der Waals surface area contributed by atoms with Crippen molar-refractivity contribution in [1.29, 1.82) is 0 Å². The van der Waals surface area contributed by atoms with Crippen LogP contribution in [0.5, 0.6) is 0 Å². The highest BCUT2D eigenvalue weighted by Crippen LogP contribution is 2.49. The van der Waals surface area contributed by atoms with E-state index in [2.05, 4.69) is 425 Å². The molecule has 124 heavy (non-hydrogen) atoms. The molecule has 0 radical (unpaired) electrons. The Balaban J connectivity index is 0.575. The Kier molecular flexibility index (Phi) is 18.0. The van der Waals surface area contributed by atoms with Crippen LogP contribution in [-0.2, 0) is 0 Å². The molecule has 0 N–H and O–H groups in total. The van der Waals surface area contributed by atoms with Crippen molar-refractivity contribution in [2.45, 2.75) is 0 Å². The number of thiophene rings is 4. The average molecular weight is 1650 g/mol. The predicted molar refractivity (Wildman–Crippen MR) is 531 cm³/mol. The number of fused-ring (bicyclic) bond motifs is 12. The van der Waals surface area contributed by atoms with E-state index >= 15 is 0 Å². The fraction of sp³-hybridized carbons (Fsp3) is 0. The Morgan fingerprint density at radius 2 is 0.403 bits per heavy atom. The molecule has 0 aliphatic heterocycles. The maximum atomic E-state index is 5.57. The molecule has 0 saturated heterocycles. The summed E-state index contributed by atoms with van der Waals surface area (Å²) in [6, 6.07) is 155. The van der Waals surface area contributed by atoms with E-state index in [1.54, 1.807) is 0 Å². The Morgan fingerprint density at radius 1 is 0.129 bits per heavy atom. The molecule has 4 nitrogen and oxygen atoms in total. The molecule has 0 spiro atoms. The van der Waals surface area contributed by atoms with Crippen molar-refractivity contribution in [3.8, 4) is 168 Å². The van der Waals surface area contributed by atoms with Gasteiger partial charge in [-0.1, -0.05) is 315 Å². The Bertz CT molecular complexity index is 8220. The Labute approximate surface area is 732 Å². The molecule has 0 fully saturated rings. The molecular formula is C116H70N4S4. The van der Waals surface area contributed by atoms with Crippen LogP contribution in [0.2, 0.25) is 0 Å². The lowest BCUT2D eigenvalue weighted by atomic mass is 9.92. The lowest BCUT2D eigenvalue weighted by Gasteiger charge is -2.14. The number of nitrogens with zero attached hydrogens (tertiary/aromatic N) is 4. The molecule has 6 heterocycles. The molecule has 0 atom stereocenters. The van der Waals surface area contributed by atoms with Gasteiger partial charge in [-0.15, -0.1) is 45.3 Å². The molecule has 578 valence electrons. The fourth-order valence-corrected chi connectivity index (χ4v) is 22.8. The summed E-state index contributed by atoms with van der Waals surface area (Å²) >= 11 is 7.41. The van der Waals surface area contributed by atoms with E-state index in [-0.39, 0.29) is 0 Å². The molecule has 0 aliphatic carbocycles. The van der Waals surface area contributed by atoms with Gasteiger partial charge in [0.25, 0.3) is 0 Å². The summed E-state index contributed by atoms with van der Waals surface area (Å²) in [6.07, 6.45) is 0. The van der Waals surface area contributed by atoms with Crippen LogP contribution in [0.4, 0.5) is 0 Å². The van der Waals surface area contributed by atoms with Crippen molar-refractivity contribution in [2.24, 2.45) is 0 Å². The van der Waals surface area contributed by atoms with Crippen LogP contribution in [0.3, 0.4) is 0 Å². The number of benzene rings is 18. The van der Waals surface area contributed by atoms with Gasteiger partial charge in [0.2, 0.25) is 0 Å². The lowest BCUT2D eigenvalue weighted by molar-refractivity contribution is 1.18. The Morgan fingerprint density at radius 3 is 0.887 bits per heavy atom. The monoisotopic (exact) mass is 1650 g/mol. The van der Waals surface area contributed by atoms with E-state index in [9.17, 15) is 0 Å². The maximum absolute atomic E-state index is 5.57. The van der Waals surface area contributed by atoms with Crippen LogP contribution >= 0.6 is 45.3 Å². The molecule has 24 rings (SSSR count). The largest absolute Gasteiger partial charge is 0.228 e. The minimum atomic E-state index is 0.659. The van der Waals surface area contributed by atoms with E-state index in [1.165, 1.54) is 109 Å². The van der Waals surface area contributed by atoms with Crippen molar-refractivity contribution in [2.75, 3.05) is 0 Å². The molecule has 8 heteroatoms. The van der Waals surface area contributed by atoms with Gasteiger partial charge in [-0.2, -0.15) is 0 Å². The third-order valence-corrected chi connectivity index (χ3v) is 29.1. The number of hydrogen-bond acceptors (Lipinski definition) is 8. The maximum Gasteiger partial charge on any atom is 0.160 e. The lowest BCUT2D eigenvalue weighted by Crippen LogP contribution is -1.97. The van der Waals surface area contributed by atoms with Crippen LogP contribution < -0.4 is 0 Å². The van der Waals surface area contributed by atoms with Gasteiger partial charge >= 0.3 is 0 Å². The van der Waals surface area contributed by atoms with E-state index < -0.39 is 0 Å². The third-order valence-electron chi connectivity index (χ3n) is 24.3. The normalized spacial score (nSPS) is 11.7. The van der Waals surface area contributed by atoms with Crippen LogP contribution in [-0.4, -0.2) is 19.9 Å². The summed E-state index contributed by atoms with van der Waals surface area (Å²) in [6.45, 7) is 0. The van der Waals surface area contributed by atoms with Gasteiger partial charge in [-0.05, 0) is 209 Å². The summed E-state index contributed by atoms with van der Waals surface area (Å²) < 4.78 is 10.1. The average Bonchev–Trinajstić information content (AvgIpc) is 1.54. The van der Waals surface area contributed by atoms with Gasteiger partial charge in [-0.25, -0.2) is 19.9 Å². The van der Waals surface area contributed by atoms with Crippen LogP contribution in [0.1, 0.15) is 0 Å². The van der Waals surface area contributed by atoms with Crippen molar-refractivity contribution < 1.29 is 0 Å². The second-order valence-electron chi connectivity index (χ2n) is 31.9. The summed E-state index contributed by atoms with van der Waals surface area (Å²) in [7, 11) is 0. The highest BCUT2D eigenvalue weighted by molar-refractivity contribution is 7.27. The minimum absolute atomic E-state index is 0.659. The van der Waals surface area contributed by atoms with E-state index in [4.69, 9.17) is 19.9 Å². The predicted octanol–water partition coefficient (Wildman–Crippen LogP) is 33.7. The van der Waals surface area contributed by atoms with Gasteiger partial charge in [0.05, 0.1) is 22.8 Å². The van der Waals surface area contributed by atoms with Crippen molar-refractivity contribution in [3.63, 3.8) is 0 Å². The second-order valence-corrected chi connectivity index (χ2v) is 36.1. The summed E-state index contributed by atoms with van der Waals surface area (Å²) in [4.78, 5) is 22.1. The van der Waals surface area contributed by atoms with Crippen LogP contribution in [0.25, 0.3) is 249 Å². The van der Waals surface area contributed by atoms with Gasteiger partial charge in [-0.3, -0.25) is 0 Å². The highest BCUT2D eigenvalue weighted by Gasteiger charge is 2.23. The van der Waals surface area contributed by atoms with E-state index in [1.807, 2.05) is 45.3 Å². The SMILES string of the molecule is c1ccc(-c2cccc(-c3ccc(-c4cc(-c5ccccc5)nc(-c5cc(-c6cccc7c6sc6ccccc67)cc(-c6cccc7c6sc6cc(-c8ccccc8-c8cccc(-c9ccc(-c%10cc(-c%11ccccc%11)nc(-c%11cc(-c%12ccc%13sc%14ccccc%14c%13c%12)cc(-c%12ccc%13sc%14ccccc%14c%13c%12)c%11)n%10)cc9)c8)ccc67)c5)n4)cc3)c2)cc1. The van der Waals surface area contributed by atoms with Gasteiger partial charge in [0.15, 0.2) is 11.6 Å². The number of hydrogen-bond donors (Lipinski definition) is 0. The molecule has 0 amide bonds. The minimum Gasteiger partial charge on any atom is -0.228 e. The van der Waals surface area contributed by atoms with Crippen LogP contribution in [0, 0.1) is 0 Å². The molecule has 0 saturated carbocycles. The first kappa shape index (κ1) is 73.0. The molecule has 6 aromatic heterocycles. The molecule has 0 bridgehead atoms. The van der Waals surface area contributed by atoms with Crippen molar-refractivity contribution in [1.82, 2.24) is 19.9 Å². The third kappa shape index (κ3) is 13.4. The first-order valence-electron chi connectivity index (χ1n) is 41.8. The van der Waals surface area contributed by atoms with Gasteiger partial charge < -0.3 is 0 Å². The van der Waals surface area contributed by atoms with Crippen LogP contribution in [0.15, 0.2) is 425 Å². The quantitative estimate of drug-likeness (QED) is 0.103. The number of aromatic nitrogens is 4. The van der Waals surface area contributed by atoms with E-state index in [0.717, 1.165) is 128 Å². The molecular weight excluding hydrogens is 1580 g/mol. The zero-order valence-electron chi connectivity index (χ0n) is 66.8. The summed E-state index contributed by atoms with van der Waals surface area (Å²) in [5.41, 5.74) is 30.0. The summed E-state index contributed by atoms with van der Waals surface area (Å²) in [5, 5.41) is 10.0. The van der Waals surface area contributed by atoms with Crippen molar-refractivity contribution in [3.05, 3.63) is 425 Å². The molecule has 18 aromatic carbocycles. The topological polar surface area (TPSA) is 51.6 Å². The summed E-state index contributed by atoms with van der Waals surface area (Å²) in [5.74, 6) is 1.32. The zero-order valence-corrected chi connectivity index (χ0v) is 70.1. The Hall–Kier alpha value is -15.0. The van der Waals surface area contributed by atoms with E-state index in [0.29, 0.717) is 11.6 Å². The first-order valence-corrected chi connectivity index (χ1v) is 45.1. The highest BCUT2D eigenvalue weighted by atomic mass is 32.1. The van der Waals surface area contributed by atoms with Gasteiger partial charge in [0.1, 0.15) is 0 Å². The molecule has 24 aromatic rings. The molecule has 0 aliphatic rings. The van der Waals surface area contributed by atoms with Crippen molar-refractivity contribution >= 4 is 126 Å². The fourth-order valence-electron chi connectivity index (χ4n) is 18.1. The zero-order chi connectivity index (χ0) is 81.7.